The van der Waals surface area contributed by atoms with Crippen molar-refractivity contribution in [1.29, 1.82) is 0 Å². The van der Waals surface area contributed by atoms with Crippen LogP contribution < -0.4 is 10.6 Å². The van der Waals surface area contributed by atoms with Crippen molar-refractivity contribution >= 4 is 29.6 Å². The molecule has 1 fully saturated rings. The lowest BCUT2D eigenvalue weighted by molar-refractivity contribution is -0.148. The number of benzene rings is 1. The predicted octanol–water partition coefficient (Wildman–Crippen LogP) is 4.86. The molecule has 0 unspecified atom stereocenters. The zero-order valence-corrected chi connectivity index (χ0v) is 34.2. The lowest BCUT2D eigenvalue weighted by atomic mass is 9.89. The smallest absolute Gasteiger partial charge is 0.328 e. The molecule has 2 N–H and O–H groups in total. The van der Waals surface area contributed by atoms with Crippen LogP contribution in [-0.4, -0.2) is 115 Å². The summed E-state index contributed by atoms with van der Waals surface area (Å²) in [6.45, 7) is 14.5. The van der Waals surface area contributed by atoms with Crippen LogP contribution in [0.2, 0.25) is 0 Å². The van der Waals surface area contributed by atoms with Crippen molar-refractivity contribution in [2.75, 3.05) is 40.2 Å². The quantitative estimate of drug-likeness (QED) is 0.180. The van der Waals surface area contributed by atoms with E-state index in [0.717, 1.165) is 24.1 Å². The fraction of sp³-hybridized carbons (Fsp3) is 0.659. The summed E-state index contributed by atoms with van der Waals surface area (Å²) in [6.07, 6.45) is 2.94. The maximum absolute atomic E-state index is 14.3. The largest absolute Gasteiger partial charge is 0.467 e. The number of esters is 1. The Bertz CT molecular complexity index is 1510. The van der Waals surface area contributed by atoms with Crippen LogP contribution in [-0.2, 0) is 39.8 Å². The second-order valence-electron chi connectivity index (χ2n) is 15.2. The van der Waals surface area contributed by atoms with E-state index in [0.29, 0.717) is 18.9 Å². The highest BCUT2D eigenvalue weighted by Gasteiger charge is 2.43. The Kier molecular flexibility index (Phi) is 17.3. The fourth-order valence-electron chi connectivity index (χ4n) is 7.43. The van der Waals surface area contributed by atoms with Gasteiger partial charge in [0.15, 0.2) is 0 Å². The summed E-state index contributed by atoms with van der Waals surface area (Å²) in [5.41, 5.74) is 1.76. The Balaban J connectivity index is 1.78. The van der Waals surface area contributed by atoms with E-state index in [-0.39, 0.29) is 54.4 Å². The van der Waals surface area contributed by atoms with Crippen molar-refractivity contribution in [3.05, 3.63) is 53.9 Å². The van der Waals surface area contributed by atoms with Gasteiger partial charge in [-0.25, -0.2) is 14.8 Å². The second-order valence-corrected chi connectivity index (χ2v) is 15.2. The van der Waals surface area contributed by atoms with Gasteiger partial charge in [0.1, 0.15) is 12.1 Å². The molecule has 0 aliphatic carbocycles. The number of likely N-dealkylation sites (N-methyl/N-ethyl adjacent to an activating group) is 1. The van der Waals surface area contributed by atoms with E-state index >= 15 is 0 Å². The first-order valence-electron chi connectivity index (χ1n) is 19.3. The van der Waals surface area contributed by atoms with Crippen LogP contribution in [0.1, 0.15) is 91.3 Å². The Hall–Kier alpha value is -4.10. The van der Waals surface area contributed by atoms with Crippen LogP contribution in [0, 0.1) is 17.8 Å². The Morgan fingerprint density at radius 2 is 1.67 bits per heavy atom. The second kappa shape index (κ2) is 21.1. The highest BCUT2D eigenvalue weighted by atomic mass is 16.5. The molecule has 8 atom stereocenters. The average Bonchev–Trinajstić information content (AvgIpc) is 3.65. The summed E-state index contributed by atoms with van der Waals surface area (Å²) < 4.78 is 17.0. The van der Waals surface area contributed by atoms with Gasteiger partial charge in [0.05, 0.1) is 43.7 Å². The Morgan fingerprint density at radius 3 is 2.24 bits per heavy atom. The zero-order chi connectivity index (χ0) is 40.1. The molecule has 2 heterocycles. The lowest BCUT2D eigenvalue weighted by Crippen LogP contribution is -2.56. The van der Waals surface area contributed by atoms with Gasteiger partial charge in [-0.2, -0.15) is 0 Å². The summed E-state index contributed by atoms with van der Waals surface area (Å²) in [5.74, 6) is -1.34. The molecule has 1 aromatic heterocycles. The summed E-state index contributed by atoms with van der Waals surface area (Å²) >= 11 is 0. The third-order valence-corrected chi connectivity index (χ3v) is 10.8. The van der Waals surface area contributed by atoms with Gasteiger partial charge >= 0.3 is 5.97 Å². The first-order chi connectivity index (χ1) is 25.7. The maximum atomic E-state index is 14.3. The van der Waals surface area contributed by atoms with E-state index in [1.165, 1.54) is 14.2 Å². The number of likely N-dealkylation sites (tertiary alicyclic amines) is 1. The molecule has 0 radical (unpaired) electrons. The minimum Gasteiger partial charge on any atom is -0.467 e. The van der Waals surface area contributed by atoms with Crippen molar-refractivity contribution < 1.29 is 33.4 Å². The monoisotopic (exact) mass is 752 g/mol. The Labute approximate surface area is 322 Å². The van der Waals surface area contributed by atoms with Crippen LogP contribution >= 0.6 is 0 Å². The first-order valence-corrected chi connectivity index (χ1v) is 19.3. The highest BCUT2D eigenvalue weighted by Crippen LogP contribution is 2.30. The van der Waals surface area contributed by atoms with E-state index in [2.05, 4.69) is 48.3 Å². The standard InChI is InChI=1S/C41H64N6O7/c1-12-27(6)36(46(8)39(50)35(26(4)5)45-41-42-21-20-30(44-41)25(2)3)33(52-9)24-34(48)47-22-16-19-32(47)37(53-10)28(7)38(49)43-31(40(51)54-11)23-29-17-14-13-15-18-29/h13-15,17-18,20-21,25-28,31-33,35-37H,12,16,19,22-24H2,1-11H3,(H,43,49)(H,42,44,45)/t27-,28+,31-,32-,33+,35-,36-,37+/m0/s1. The summed E-state index contributed by atoms with van der Waals surface area (Å²) in [7, 11) is 6.19. The number of carbonyl (C=O) groups is 4. The van der Waals surface area contributed by atoms with Crippen LogP contribution in [0.5, 0.6) is 0 Å². The molecule has 1 aromatic carbocycles. The highest BCUT2D eigenvalue weighted by molar-refractivity contribution is 5.87. The molecule has 0 saturated carbocycles. The van der Waals surface area contributed by atoms with Gasteiger partial charge < -0.3 is 34.6 Å². The summed E-state index contributed by atoms with van der Waals surface area (Å²) in [5, 5.41) is 6.15. The molecule has 0 bridgehead atoms. The molecule has 13 nitrogen and oxygen atoms in total. The van der Waals surface area contributed by atoms with Crippen LogP contribution in [0.25, 0.3) is 0 Å². The number of amides is 3. The number of carbonyl (C=O) groups excluding carboxylic acids is 4. The van der Waals surface area contributed by atoms with Gasteiger partial charge in [0.2, 0.25) is 23.7 Å². The topological polar surface area (TPSA) is 152 Å². The van der Waals surface area contributed by atoms with Crippen LogP contribution in [0.3, 0.4) is 0 Å². The number of nitrogens with one attached hydrogen (secondary N) is 2. The third-order valence-electron chi connectivity index (χ3n) is 10.8. The van der Waals surface area contributed by atoms with Gasteiger partial charge in [-0.15, -0.1) is 0 Å². The lowest BCUT2D eigenvalue weighted by Gasteiger charge is -2.40. The van der Waals surface area contributed by atoms with Crippen molar-refractivity contribution in [2.45, 2.75) is 123 Å². The van der Waals surface area contributed by atoms with E-state index in [1.807, 2.05) is 50.2 Å². The molecule has 2 aromatic rings. The molecule has 3 rings (SSSR count). The van der Waals surface area contributed by atoms with Crippen LogP contribution in [0.15, 0.2) is 42.6 Å². The number of hydrogen-bond acceptors (Lipinski definition) is 10. The Morgan fingerprint density at radius 1 is 0.981 bits per heavy atom. The molecule has 54 heavy (non-hydrogen) atoms. The molecule has 0 spiro atoms. The van der Waals surface area contributed by atoms with Gasteiger partial charge in [-0.3, -0.25) is 14.4 Å². The number of ether oxygens (including phenoxy) is 3. The van der Waals surface area contributed by atoms with Crippen molar-refractivity contribution in [3.8, 4) is 0 Å². The van der Waals surface area contributed by atoms with Crippen LogP contribution in [0.4, 0.5) is 5.95 Å². The normalized spacial score (nSPS) is 18.3. The van der Waals surface area contributed by atoms with E-state index in [9.17, 15) is 19.2 Å². The molecule has 13 heteroatoms. The van der Waals surface area contributed by atoms with Crippen molar-refractivity contribution in [1.82, 2.24) is 25.1 Å². The molecule has 1 saturated heterocycles. The molecule has 1 aliphatic rings. The minimum atomic E-state index is -0.881. The van der Waals surface area contributed by atoms with E-state index in [1.54, 1.807) is 37.1 Å². The molecular weight excluding hydrogens is 688 g/mol. The van der Waals surface area contributed by atoms with Gasteiger partial charge in [-0.1, -0.05) is 85.2 Å². The SMILES string of the molecule is CC[C@H](C)[C@@H]([C@@H](CC(=O)N1CCC[C@H]1[C@H](OC)[C@@H](C)C(=O)N[C@@H](Cc1ccccc1)C(=O)OC)OC)N(C)C(=O)[C@@H](Nc1nccc(C(C)C)n1)C(C)C. The average molecular weight is 753 g/mol. The summed E-state index contributed by atoms with van der Waals surface area (Å²) in [6, 6.07) is 9.01. The van der Waals surface area contributed by atoms with Gasteiger partial charge in [-0.05, 0) is 42.2 Å². The van der Waals surface area contributed by atoms with Gasteiger partial charge in [0.25, 0.3) is 0 Å². The third kappa shape index (κ3) is 11.5. The number of aromatic nitrogens is 2. The zero-order valence-electron chi connectivity index (χ0n) is 34.2. The molecule has 3 amide bonds. The van der Waals surface area contributed by atoms with Crippen molar-refractivity contribution in [2.24, 2.45) is 17.8 Å². The minimum absolute atomic E-state index is 0.00786. The number of nitrogens with zero attached hydrogens (tertiary/aromatic N) is 4. The molecule has 1 aliphatic heterocycles. The number of rotatable bonds is 20. The predicted molar refractivity (Wildman–Crippen MR) is 209 cm³/mol. The van der Waals surface area contributed by atoms with E-state index in [4.69, 9.17) is 14.2 Å². The van der Waals surface area contributed by atoms with E-state index < -0.39 is 42.2 Å². The number of anilines is 1. The molecule has 300 valence electrons. The number of methoxy groups -OCH3 is 3. The fourth-order valence-corrected chi connectivity index (χ4v) is 7.43. The molecular formula is C41H64N6O7. The van der Waals surface area contributed by atoms with Crippen molar-refractivity contribution in [3.63, 3.8) is 0 Å². The van der Waals surface area contributed by atoms with Gasteiger partial charge in [0, 0.05) is 46.1 Å². The maximum Gasteiger partial charge on any atom is 0.328 e. The first kappa shape index (κ1) is 44.3. The summed E-state index contributed by atoms with van der Waals surface area (Å²) in [4.78, 5) is 67.3. The number of hydrogen-bond donors (Lipinski definition) is 2.